The molecule has 8 heteroatoms. The molecule has 4 rings (SSSR count). The Morgan fingerprint density at radius 3 is 2.62 bits per heavy atom. The number of nitrogens with two attached hydrogens (primary N) is 1. The zero-order valence-corrected chi connectivity index (χ0v) is 17.7. The molecule has 0 bridgehead atoms. The number of nitrogen functional groups attached to an aromatic ring is 1. The molecule has 2 aliphatic heterocycles. The molecule has 0 radical (unpaired) electrons. The third-order valence-electron chi connectivity index (χ3n) is 6.07. The van der Waals surface area contributed by atoms with Crippen molar-refractivity contribution in [2.75, 3.05) is 43.4 Å². The predicted octanol–water partition coefficient (Wildman–Crippen LogP) is 3.12. The molecule has 0 amide bonds. The van der Waals surface area contributed by atoms with Crippen LogP contribution in [0.2, 0.25) is 5.02 Å². The van der Waals surface area contributed by atoms with E-state index in [1.165, 1.54) is 24.8 Å². The van der Waals surface area contributed by atoms with Gasteiger partial charge in [0, 0.05) is 43.9 Å². The molecule has 1 aromatic carbocycles. The molecule has 0 spiro atoms. The van der Waals surface area contributed by atoms with Gasteiger partial charge in [-0.3, -0.25) is 4.90 Å². The van der Waals surface area contributed by atoms with Crippen molar-refractivity contribution in [2.24, 2.45) is 0 Å². The van der Waals surface area contributed by atoms with E-state index in [-0.39, 0.29) is 0 Å². The maximum Gasteiger partial charge on any atom is 0.246 e. The zero-order valence-electron chi connectivity index (χ0n) is 16.9. The van der Waals surface area contributed by atoms with Crippen molar-refractivity contribution < 1.29 is 4.74 Å². The molecule has 1 atom stereocenters. The summed E-state index contributed by atoms with van der Waals surface area (Å²) >= 11 is 6.04. The molecule has 29 heavy (non-hydrogen) atoms. The Kier molecular flexibility index (Phi) is 6.90. The van der Waals surface area contributed by atoms with Gasteiger partial charge in [-0.25, -0.2) is 5.10 Å². The van der Waals surface area contributed by atoms with E-state index in [1.807, 2.05) is 12.1 Å². The van der Waals surface area contributed by atoms with Gasteiger partial charge in [-0.05, 0) is 56.2 Å². The number of halogens is 1. The zero-order chi connectivity index (χ0) is 20.1. The second-order valence-corrected chi connectivity index (χ2v) is 8.54. The average molecular weight is 419 g/mol. The number of hydrogen-bond donors (Lipinski definition) is 2. The molecule has 158 valence electrons. The van der Waals surface area contributed by atoms with Gasteiger partial charge < -0.3 is 15.4 Å². The van der Waals surface area contributed by atoms with E-state index < -0.39 is 0 Å². The fourth-order valence-corrected chi connectivity index (χ4v) is 4.52. The Balaban J connectivity index is 1.36. The summed E-state index contributed by atoms with van der Waals surface area (Å²) in [6, 6.07) is 8.78. The molecule has 2 aromatic rings. The third kappa shape index (κ3) is 5.62. The number of aromatic amines is 1. The number of benzene rings is 1. The molecule has 2 saturated heterocycles. The number of nitrogens with zero attached hydrogens (tertiary/aromatic N) is 4. The van der Waals surface area contributed by atoms with Crippen LogP contribution in [0.5, 0.6) is 0 Å². The lowest BCUT2D eigenvalue weighted by atomic mass is 10.0. The predicted molar refractivity (Wildman–Crippen MR) is 116 cm³/mol. The summed E-state index contributed by atoms with van der Waals surface area (Å²) in [4.78, 5) is 9.14. The van der Waals surface area contributed by atoms with E-state index in [2.05, 4.69) is 37.1 Å². The normalized spacial score (nSPS) is 21.0. The van der Waals surface area contributed by atoms with E-state index in [0.717, 1.165) is 57.1 Å². The first-order chi connectivity index (χ1) is 14.2. The van der Waals surface area contributed by atoms with Gasteiger partial charge in [0.05, 0.1) is 6.10 Å². The summed E-state index contributed by atoms with van der Waals surface area (Å²) in [5, 5.41) is 7.73. The van der Waals surface area contributed by atoms with E-state index in [0.29, 0.717) is 24.0 Å². The molecular weight excluding hydrogens is 388 g/mol. The Morgan fingerprint density at radius 1 is 1.17 bits per heavy atom. The van der Waals surface area contributed by atoms with Gasteiger partial charge in [0.2, 0.25) is 11.9 Å². The molecule has 3 N–H and O–H groups in total. The van der Waals surface area contributed by atoms with Crippen LogP contribution >= 0.6 is 11.6 Å². The molecule has 1 unspecified atom stereocenters. The number of piperidine rings is 1. The van der Waals surface area contributed by atoms with Crippen molar-refractivity contribution >= 4 is 23.5 Å². The van der Waals surface area contributed by atoms with Crippen molar-refractivity contribution in [3.8, 4) is 0 Å². The molecule has 1 aromatic heterocycles. The SMILES string of the molecule is Nc1nc(N2CCC(N(CCc3ccc(Cl)cc3)CC3CCCCO3)CC2)n[nH]1. The minimum atomic E-state index is 0.361. The van der Waals surface area contributed by atoms with Crippen LogP contribution in [0.1, 0.15) is 37.7 Å². The minimum absolute atomic E-state index is 0.361. The van der Waals surface area contributed by atoms with Gasteiger partial charge in [0.15, 0.2) is 0 Å². The first-order valence-corrected chi connectivity index (χ1v) is 11.1. The number of H-pyrrole nitrogens is 1. The van der Waals surface area contributed by atoms with E-state index in [1.54, 1.807) is 0 Å². The van der Waals surface area contributed by atoms with Crippen molar-refractivity contribution in [1.29, 1.82) is 0 Å². The quantitative estimate of drug-likeness (QED) is 0.718. The van der Waals surface area contributed by atoms with Gasteiger partial charge in [-0.2, -0.15) is 4.98 Å². The van der Waals surface area contributed by atoms with Gasteiger partial charge in [-0.1, -0.05) is 23.7 Å². The van der Waals surface area contributed by atoms with Gasteiger partial charge in [0.25, 0.3) is 0 Å². The number of anilines is 2. The van der Waals surface area contributed by atoms with Crippen molar-refractivity contribution in [2.45, 2.75) is 50.7 Å². The largest absolute Gasteiger partial charge is 0.377 e. The van der Waals surface area contributed by atoms with Crippen molar-refractivity contribution in [3.05, 3.63) is 34.9 Å². The summed E-state index contributed by atoms with van der Waals surface area (Å²) in [6.07, 6.45) is 7.23. The molecule has 3 heterocycles. The lowest BCUT2D eigenvalue weighted by molar-refractivity contribution is -0.0157. The van der Waals surface area contributed by atoms with Crippen LogP contribution in [0.15, 0.2) is 24.3 Å². The number of rotatable bonds is 7. The Labute approximate surface area is 177 Å². The summed E-state index contributed by atoms with van der Waals surface area (Å²) in [6.45, 7) is 4.86. The van der Waals surface area contributed by atoms with E-state index >= 15 is 0 Å². The number of ether oxygens (including phenoxy) is 1. The smallest absolute Gasteiger partial charge is 0.246 e. The standard InChI is InChI=1S/C21H31ClN6O/c22-17-6-4-16(5-7-17)8-11-28(15-19-3-1-2-14-29-19)18-9-12-27(13-10-18)21-24-20(23)25-26-21/h4-7,18-19H,1-3,8-15H2,(H3,23,24,25,26). The fraction of sp³-hybridized carbons (Fsp3) is 0.619. The Bertz CT molecular complexity index is 753. The third-order valence-corrected chi connectivity index (χ3v) is 6.32. The highest BCUT2D eigenvalue weighted by molar-refractivity contribution is 6.30. The second kappa shape index (κ2) is 9.78. The fourth-order valence-electron chi connectivity index (χ4n) is 4.40. The lowest BCUT2D eigenvalue weighted by Crippen LogP contribution is -2.49. The number of nitrogens with one attached hydrogen (secondary N) is 1. The minimum Gasteiger partial charge on any atom is -0.377 e. The van der Waals surface area contributed by atoms with Gasteiger partial charge in [0.1, 0.15) is 0 Å². The van der Waals surface area contributed by atoms with E-state index in [4.69, 9.17) is 22.1 Å². The Hall–Kier alpha value is -1.83. The lowest BCUT2D eigenvalue weighted by Gasteiger charge is -2.40. The van der Waals surface area contributed by atoms with Crippen LogP contribution in [0, 0.1) is 0 Å². The van der Waals surface area contributed by atoms with E-state index in [9.17, 15) is 0 Å². The first-order valence-electron chi connectivity index (χ1n) is 10.7. The van der Waals surface area contributed by atoms with Crippen LogP contribution in [-0.2, 0) is 11.2 Å². The number of aromatic nitrogens is 3. The van der Waals surface area contributed by atoms with Crippen LogP contribution in [0.4, 0.5) is 11.9 Å². The highest BCUT2D eigenvalue weighted by atomic mass is 35.5. The summed E-state index contributed by atoms with van der Waals surface area (Å²) in [7, 11) is 0. The van der Waals surface area contributed by atoms with Gasteiger partial charge in [-0.15, -0.1) is 5.10 Å². The summed E-state index contributed by atoms with van der Waals surface area (Å²) in [5.41, 5.74) is 7.01. The summed E-state index contributed by atoms with van der Waals surface area (Å²) < 4.78 is 6.05. The molecule has 7 nitrogen and oxygen atoms in total. The highest BCUT2D eigenvalue weighted by Crippen LogP contribution is 2.23. The van der Waals surface area contributed by atoms with Crippen LogP contribution in [-0.4, -0.2) is 65.0 Å². The Morgan fingerprint density at radius 2 is 1.97 bits per heavy atom. The molecular formula is C21H31ClN6O. The highest BCUT2D eigenvalue weighted by Gasteiger charge is 2.28. The summed E-state index contributed by atoms with van der Waals surface area (Å²) in [5.74, 6) is 1.09. The average Bonchev–Trinajstić information content (AvgIpc) is 3.19. The molecule has 0 aliphatic carbocycles. The first kappa shape index (κ1) is 20.4. The number of hydrogen-bond acceptors (Lipinski definition) is 6. The monoisotopic (exact) mass is 418 g/mol. The maximum atomic E-state index is 6.05. The molecule has 2 aliphatic rings. The topological polar surface area (TPSA) is 83.3 Å². The van der Waals surface area contributed by atoms with Crippen molar-refractivity contribution in [3.63, 3.8) is 0 Å². The van der Waals surface area contributed by atoms with Crippen LogP contribution < -0.4 is 10.6 Å². The molecule has 2 fully saturated rings. The molecule has 0 saturated carbocycles. The second-order valence-electron chi connectivity index (χ2n) is 8.10. The van der Waals surface area contributed by atoms with Crippen molar-refractivity contribution in [1.82, 2.24) is 20.1 Å². The van der Waals surface area contributed by atoms with Gasteiger partial charge >= 0.3 is 0 Å². The van der Waals surface area contributed by atoms with Crippen LogP contribution in [0.3, 0.4) is 0 Å². The van der Waals surface area contributed by atoms with Crippen LogP contribution in [0.25, 0.3) is 0 Å². The maximum absolute atomic E-state index is 6.05.